The highest BCUT2D eigenvalue weighted by atomic mass is 16.5. The first-order valence-corrected chi connectivity index (χ1v) is 11.7. The van der Waals surface area contributed by atoms with E-state index in [4.69, 9.17) is 9.72 Å². The topological polar surface area (TPSA) is 65.2 Å². The van der Waals surface area contributed by atoms with Crippen molar-refractivity contribution in [3.05, 3.63) is 65.5 Å². The van der Waals surface area contributed by atoms with Crippen molar-refractivity contribution < 1.29 is 9.53 Å². The molecule has 0 N–H and O–H groups in total. The number of aryl methyl sites for hydroxylation is 1. The van der Waals surface area contributed by atoms with Gasteiger partial charge in [-0.25, -0.2) is 9.67 Å². The molecule has 1 saturated heterocycles. The van der Waals surface area contributed by atoms with Gasteiger partial charge in [-0.15, -0.1) is 0 Å². The van der Waals surface area contributed by atoms with Crippen molar-refractivity contribution in [2.24, 2.45) is 5.92 Å². The van der Waals surface area contributed by atoms with E-state index < -0.39 is 0 Å². The van der Waals surface area contributed by atoms with E-state index in [1.54, 1.807) is 10.9 Å². The number of hydrogen-bond donors (Lipinski definition) is 0. The van der Waals surface area contributed by atoms with Crippen LogP contribution in [0.3, 0.4) is 0 Å². The summed E-state index contributed by atoms with van der Waals surface area (Å²) in [6.45, 7) is 8.15. The normalized spacial score (nSPS) is 18.3. The van der Waals surface area contributed by atoms with Crippen molar-refractivity contribution >= 4 is 5.91 Å². The minimum Gasteiger partial charge on any atom is -0.381 e. The van der Waals surface area contributed by atoms with Crippen LogP contribution in [0.5, 0.6) is 0 Å². The molecule has 1 unspecified atom stereocenters. The Bertz CT molecular complexity index is 1080. The van der Waals surface area contributed by atoms with Gasteiger partial charge in [0.1, 0.15) is 5.82 Å². The van der Waals surface area contributed by atoms with E-state index in [-0.39, 0.29) is 5.91 Å². The molecule has 168 valence electrons. The molecule has 2 aliphatic rings. The van der Waals surface area contributed by atoms with Crippen LogP contribution in [0.4, 0.5) is 0 Å². The second-order valence-corrected chi connectivity index (χ2v) is 9.24. The predicted octanol–water partition coefficient (Wildman–Crippen LogP) is 3.82. The largest absolute Gasteiger partial charge is 0.381 e. The first-order chi connectivity index (χ1) is 15.6. The Morgan fingerprint density at radius 1 is 1.25 bits per heavy atom. The van der Waals surface area contributed by atoms with Crippen molar-refractivity contribution in [1.82, 2.24) is 24.2 Å². The lowest BCUT2D eigenvalue weighted by Crippen LogP contribution is -2.39. The molecule has 7 nitrogen and oxygen atoms in total. The summed E-state index contributed by atoms with van der Waals surface area (Å²) in [6.07, 6.45) is 6.72. The van der Waals surface area contributed by atoms with Gasteiger partial charge >= 0.3 is 0 Å². The molecule has 2 aliphatic heterocycles. The molecule has 3 aromatic rings. The van der Waals surface area contributed by atoms with Crippen LogP contribution >= 0.6 is 0 Å². The van der Waals surface area contributed by atoms with Crippen molar-refractivity contribution in [2.45, 2.75) is 52.1 Å². The molecular weight excluding hydrogens is 402 g/mol. The zero-order valence-electron chi connectivity index (χ0n) is 18.9. The number of fused-ring (bicyclic) bond motifs is 1. The standard InChI is InChI=1S/C25H31N5O2/c1-18(2)7-8-22-23-16-28(12-13-29(23)24(27-22)20-9-14-32-17-20)25(31)19-5-3-6-21(15-19)30-11-4-10-26-30/h3-6,10-11,15,18,20H,7-9,12-14,16-17H2,1-2H3. The SMILES string of the molecule is CC(C)CCc1nc(C2CCOC2)n2c1CN(C(=O)c1cccc(-n3cccn3)c1)CC2. The number of nitrogens with zero attached hydrogens (tertiary/aromatic N) is 5. The number of aromatic nitrogens is 4. The summed E-state index contributed by atoms with van der Waals surface area (Å²) >= 11 is 0. The highest BCUT2D eigenvalue weighted by Crippen LogP contribution is 2.30. The zero-order valence-corrected chi connectivity index (χ0v) is 18.9. The molecule has 0 bridgehead atoms. The van der Waals surface area contributed by atoms with E-state index in [0.717, 1.165) is 56.2 Å². The second kappa shape index (κ2) is 8.90. The minimum absolute atomic E-state index is 0.0621. The van der Waals surface area contributed by atoms with Gasteiger partial charge in [0.05, 0.1) is 30.2 Å². The van der Waals surface area contributed by atoms with Crippen molar-refractivity contribution in [1.29, 1.82) is 0 Å². The lowest BCUT2D eigenvalue weighted by atomic mass is 10.0. The van der Waals surface area contributed by atoms with E-state index in [9.17, 15) is 4.79 Å². The van der Waals surface area contributed by atoms with Gasteiger partial charge in [0, 0.05) is 43.6 Å². The number of imidazole rings is 1. The summed E-state index contributed by atoms with van der Waals surface area (Å²) < 4.78 is 9.80. The van der Waals surface area contributed by atoms with Gasteiger partial charge in [-0.1, -0.05) is 19.9 Å². The third kappa shape index (κ3) is 4.09. The Balaban J connectivity index is 1.41. The first kappa shape index (κ1) is 20.9. The molecule has 0 radical (unpaired) electrons. The molecular formula is C25H31N5O2. The average molecular weight is 434 g/mol. The maximum absolute atomic E-state index is 13.4. The maximum Gasteiger partial charge on any atom is 0.254 e. The number of carbonyl (C=O) groups is 1. The van der Waals surface area contributed by atoms with Gasteiger partial charge in [-0.3, -0.25) is 4.79 Å². The molecule has 1 aromatic carbocycles. The average Bonchev–Trinajstić information content (AvgIpc) is 3.58. The molecule has 0 aliphatic carbocycles. The fourth-order valence-corrected chi connectivity index (χ4v) is 4.70. The van der Waals surface area contributed by atoms with Crippen LogP contribution in [0.25, 0.3) is 5.69 Å². The van der Waals surface area contributed by atoms with E-state index in [1.807, 2.05) is 41.4 Å². The van der Waals surface area contributed by atoms with Crippen LogP contribution in [0.1, 0.15) is 60.2 Å². The number of amides is 1. The van der Waals surface area contributed by atoms with Crippen LogP contribution in [0.15, 0.2) is 42.7 Å². The molecule has 5 rings (SSSR count). The molecule has 1 amide bonds. The third-order valence-electron chi connectivity index (χ3n) is 6.52. The Kier molecular flexibility index (Phi) is 5.83. The second-order valence-electron chi connectivity index (χ2n) is 9.24. The van der Waals surface area contributed by atoms with Crippen LogP contribution in [0.2, 0.25) is 0 Å². The highest BCUT2D eigenvalue weighted by Gasteiger charge is 2.31. The summed E-state index contributed by atoms with van der Waals surface area (Å²) in [7, 11) is 0. The fraction of sp³-hybridized carbons (Fsp3) is 0.480. The summed E-state index contributed by atoms with van der Waals surface area (Å²) in [5, 5.41) is 4.29. The van der Waals surface area contributed by atoms with E-state index >= 15 is 0 Å². The van der Waals surface area contributed by atoms with E-state index in [0.29, 0.717) is 30.5 Å². The molecule has 7 heteroatoms. The monoisotopic (exact) mass is 433 g/mol. The van der Waals surface area contributed by atoms with Gasteiger partial charge in [-0.2, -0.15) is 5.10 Å². The van der Waals surface area contributed by atoms with Gasteiger partial charge in [-0.05, 0) is 49.4 Å². The highest BCUT2D eigenvalue weighted by molar-refractivity contribution is 5.94. The van der Waals surface area contributed by atoms with Crippen LogP contribution in [-0.4, -0.2) is 49.9 Å². The number of rotatable bonds is 6. The molecule has 1 atom stereocenters. The molecule has 0 spiro atoms. The van der Waals surface area contributed by atoms with Crippen molar-refractivity contribution in [3.63, 3.8) is 0 Å². The third-order valence-corrected chi connectivity index (χ3v) is 6.52. The molecule has 2 aromatic heterocycles. The van der Waals surface area contributed by atoms with Gasteiger partial charge < -0.3 is 14.2 Å². The van der Waals surface area contributed by atoms with Crippen LogP contribution in [0, 0.1) is 5.92 Å². The fourth-order valence-electron chi connectivity index (χ4n) is 4.70. The Morgan fingerprint density at radius 2 is 2.16 bits per heavy atom. The summed E-state index contributed by atoms with van der Waals surface area (Å²) in [5.74, 6) is 2.21. The van der Waals surface area contributed by atoms with E-state index in [1.165, 1.54) is 5.69 Å². The molecule has 32 heavy (non-hydrogen) atoms. The van der Waals surface area contributed by atoms with Gasteiger partial charge in [0.15, 0.2) is 0 Å². The lowest BCUT2D eigenvalue weighted by molar-refractivity contribution is 0.0708. The number of ether oxygens (including phenoxy) is 1. The Labute approximate surface area is 189 Å². The number of hydrogen-bond acceptors (Lipinski definition) is 4. The predicted molar refractivity (Wildman–Crippen MR) is 122 cm³/mol. The summed E-state index contributed by atoms with van der Waals surface area (Å²) in [4.78, 5) is 20.5. The molecule has 1 fully saturated rings. The van der Waals surface area contributed by atoms with Crippen LogP contribution < -0.4 is 0 Å². The van der Waals surface area contributed by atoms with E-state index in [2.05, 4.69) is 23.5 Å². The maximum atomic E-state index is 13.4. The number of carbonyl (C=O) groups excluding carboxylic acids is 1. The quantitative estimate of drug-likeness (QED) is 0.593. The van der Waals surface area contributed by atoms with Gasteiger partial charge in [0.2, 0.25) is 0 Å². The van der Waals surface area contributed by atoms with Crippen molar-refractivity contribution in [3.8, 4) is 5.69 Å². The summed E-state index contributed by atoms with van der Waals surface area (Å²) in [5.41, 5.74) is 3.95. The van der Waals surface area contributed by atoms with Crippen molar-refractivity contribution in [2.75, 3.05) is 19.8 Å². The minimum atomic E-state index is 0.0621. The van der Waals surface area contributed by atoms with Crippen LogP contribution in [-0.2, 0) is 24.2 Å². The molecule has 0 saturated carbocycles. The Hall–Kier alpha value is -2.93. The van der Waals surface area contributed by atoms with Gasteiger partial charge in [0.25, 0.3) is 5.91 Å². The zero-order chi connectivity index (χ0) is 22.1. The first-order valence-electron chi connectivity index (χ1n) is 11.7. The number of benzene rings is 1. The lowest BCUT2D eigenvalue weighted by Gasteiger charge is -2.30. The Morgan fingerprint density at radius 3 is 2.91 bits per heavy atom. The molecule has 4 heterocycles. The smallest absolute Gasteiger partial charge is 0.254 e. The summed E-state index contributed by atoms with van der Waals surface area (Å²) in [6, 6.07) is 9.58.